The summed E-state index contributed by atoms with van der Waals surface area (Å²) in [7, 11) is -3.81. The van der Waals surface area contributed by atoms with Gasteiger partial charge in [-0.1, -0.05) is 65.7 Å². The van der Waals surface area contributed by atoms with Gasteiger partial charge in [0.05, 0.1) is 25.0 Å². The Hall–Kier alpha value is -3.66. The standard InChI is InChI=1S/C37H51ClN6O7S/c1-52(49,50)43-32(15-12-27-16-20-40-21-17-27)37(48)44-24-30(51-25-28-10-13-29(38)14-11-28)23-33(44)35(46)42-31(9-5-6-19-39)34(45)36(47)41-22-18-26-7-3-2-4-8-26/h2-4,7-8,10-14,30-33,40,43H,5-6,9,15-25,39H2,1H3,(H,41,47)(H,42,46)/t30-,31+,32-,33+/m1/s1. The number of carbonyl (C=O) groups is 4. The first-order valence-corrected chi connectivity index (χ1v) is 20.1. The van der Waals surface area contributed by atoms with E-state index in [0.717, 1.165) is 48.9 Å². The fourth-order valence-electron chi connectivity index (χ4n) is 6.34. The second kappa shape index (κ2) is 20.5. The molecule has 2 fully saturated rings. The largest absolute Gasteiger partial charge is 0.372 e. The molecule has 52 heavy (non-hydrogen) atoms. The van der Waals surface area contributed by atoms with Crippen LogP contribution in [0.4, 0.5) is 0 Å². The van der Waals surface area contributed by atoms with Crippen LogP contribution in [-0.4, -0.2) is 100 Å². The summed E-state index contributed by atoms with van der Waals surface area (Å²) in [5.74, 6) is -2.83. The van der Waals surface area contributed by atoms with Gasteiger partial charge in [0.1, 0.15) is 12.1 Å². The molecule has 0 bridgehead atoms. The fourth-order valence-corrected chi connectivity index (χ4v) is 7.18. The van der Waals surface area contributed by atoms with Crippen LogP contribution in [0.3, 0.4) is 0 Å². The molecule has 0 saturated carbocycles. The normalized spacial score (nSPS) is 18.8. The van der Waals surface area contributed by atoms with Gasteiger partial charge >= 0.3 is 0 Å². The highest BCUT2D eigenvalue weighted by Gasteiger charge is 2.43. The molecule has 2 saturated heterocycles. The first-order chi connectivity index (χ1) is 24.9. The molecule has 13 nitrogen and oxygen atoms in total. The van der Waals surface area contributed by atoms with Gasteiger partial charge in [-0.15, -0.1) is 0 Å². The smallest absolute Gasteiger partial charge is 0.289 e. The third kappa shape index (κ3) is 13.4. The van der Waals surface area contributed by atoms with Crippen LogP contribution in [0.15, 0.2) is 66.2 Å². The summed E-state index contributed by atoms with van der Waals surface area (Å²) in [6.45, 7) is 2.39. The molecule has 4 rings (SSSR count). The first-order valence-electron chi connectivity index (χ1n) is 17.8. The number of carbonyl (C=O) groups excluding carboxylic acids is 4. The molecule has 284 valence electrons. The summed E-state index contributed by atoms with van der Waals surface area (Å²) in [6, 6.07) is 13.2. The molecular formula is C37H51ClN6O7S. The van der Waals surface area contributed by atoms with E-state index in [1.165, 1.54) is 4.90 Å². The van der Waals surface area contributed by atoms with Gasteiger partial charge in [-0.05, 0) is 87.8 Å². The Morgan fingerprint density at radius 2 is 1.73 bits per heavy atom. The molecule has 0 unspecified atom stereocenters. The number of nitrogens with two attached hydrogens (primary N) is 1. The lowest BCUT2D eigenvalue weighted by Crippen LogP contribution is -2.56. The molecular weight excluding hydrogens is 708 g/mol. The molecule has 2 aliphatic heterocycles. The Bertz CT molecular complexity index is 1630. The molecule has 0 spiro atoms. The molecule has 4 atom stereocenters. The maximum atomic E-state index is 14.2. The van der Waals surface area contributed by atoms with Crippen LogP contribution in [0, 0.1) is 0 Å². The Morgan fingerprint density at radius 3 is 2.40 bits per heavy atom. The average molecular weight is 759 g/mol. The van der Waals surface area contributed by atoms with Gasteiger partial charge in [0.15, 0.2) is 0 Å². The van der Waals surface area contributed by atoms with Gasteiger partial charge in [0.2, 0.25) is 27.6 Å². The number of piperidine rings is 1. The average Bonchev–Trinajstić information content (AvgIpc) is 3.57. The highest BCUT2D eigenvalue weighted by atomic mass is 35.5. The molecule has 2 aromatic rings. The highest BCUT2D eigenvalue weighted by Crippen LogP contribution is 2.25. The van der Waals surface area contributed by atoms with Crippen LogP contribution < -0.4 is 26.4 Å². The van der Waals surface area contributed by atoms with Gasteiger partial charge in [-0.25, -0.2) is 13.1 Å². The second-order valence-corrected chi connectivity index (χ2v) is 15.5. The molecule has 2 aromatic carbocycles. The van der Waals surface area contributed by atoms with Crippen LogP contribution in [0.1, 0.15) is 56.1 Å². The Morgan fingerprint density at radius 1 is 1.02 bits per heavy atom. The molecule has 6 N–H and O–H groups in total. The van der Waals surface area contributed by atoms with Crippen molar-refractivity contribution in [3.05, 3.63) is 82.4 Å². The number of hydrogen-bond acceptors (Lipinski definition) is 9. The molecule has 0 radical (unpaired) electrons. The Balaban J connectivity index is 1.52. The van der Waals surface area contributed by atoms with E-state index in [9.17, 15) is 27.6 Å². The summed E-state index contributed by atoms with van der Waals surface area (Å²) in [5.41, 5.74) is 8.64. The minimum Gasteiger partial charge on any atom is -0.372 e. The van der Waals surface area contributed by atoms with E-state index in [2.05, 4.69) is 20.7 Å². The topological polar surface area (TPSA) is 189 Å². The number of unbranched alkanes of at least 4 members (excludes halogenated alkanes) is 1. The van der Waals surface area contributed by atoms with Crippen molar-refractivity contribution in [2.45, 2.75) is 82.2 Å². The van der Waals surface area contributed by atoms with Crippen LogP contribution >= 0.6 is 11.6 Å². The highest BCUT2D eigenvalue weighted by molar-refractivity contribution is 7.88. The lowest BCUT2D eigenvalue weighted by Gasteiger charge is -2.29. The van der Waals surface area contributed by atoms with E-state index in [0.29, 0.717) is 30.8 Å². The number of rotatable bonds is 19. The summed E-state index contributed by atoms with van der Waals surface area (Å²) in [4.78, 5) is 56.0. The summed E-state index contributed by atoms with van der Waals surface area (Å²) < 4.78 is 33.5. The van der Waals surface area contributed by atoms with Gasteiger partial charge in [-0.2, -0.15) is 0 Å². The van der Waals surface area contributed by atoms with Crippen molar-refractivity contribution < 1.29 is 32.3 Å². The van der Waals surface area contributed by atoms with Crippen molar-refractivity contribution in [2.24, 2.45) is 5.73 Å². The number of hydrogen-bond donors (Lipinski definition) is 5. The number of halogens is 1. The zero-order valence-corrected chi connectivity index (χ0v) is 31.2. The number of ether oxygens (including phenoxy) is 1. The summed E-state index contributed by atoms with van der Waals surface area (Å²) in [5, 5.41) is 9.26. The summed E-state index contributed by atoms with van der Waals surface area (Å²) in [6.07, 6.45) is 5.82. The number of amides is 3. The van der Waals surface area contributed by atoms with Crippen molar-refractivity contribution in [1.82, 2.24) is 25.6 Å². The van der Waals surface area contributed by atoms with Gasteiger partial charge in [-0.3, -0.25) is 19.2 Å². The van der Waals surface area contributed by atoms with Crippen molar-refractivity contribution in [3.8, 4) is 0 Å². The van der Waals surface area contributed by atoms with E-state index < -0.39 is 57.8 Å². The minimum absolute atomic E-state index is 0.0126. The van der Waals surface area contributed by atoms with Crippen molar-refractivity contribution in [2.75, 3.05) is 39.0 Å². The third-order valence-electron chi connectivity index (χ3n) is 9.14. The van der Waals surface area contributed by atoms with Crippen LogP contribution in [0.25, 0.3) is 0 Å². The number of sulfonamides is 1. The maximum Gasteiger partial charge on any atom is 0.289 e. The molecule has 2 aliphatic rings. The fraction of sp³-hybridized carbons (Fsp3) is 0.514. The first kappa shape index (κ1) is 41.1. The maximum absolute atomic E-state index is 14.2. The predicted octanol–water partition coefficient (Wildman–Crippen LogP) is 1.99. The van der Waals surface area contributed by atoms with Crippen molar-refractivity contribution in [3.63, 3.8) is 0 Å². The molecule has 3 amide bonds. The number of likely N-dealkylation sites (tertiary alicyclic amines) is 1. The third-order valence-corrected chi connectivity index (χ3v) is 10.1. The van der Waals surface area contributed by atoms with Gasteiger partial charge < -0.3 is 31.3 Å². The zero-order chi connectivity index (χ0) is 37.5. The quantitative estimate of drug-likeness (QED) is 0.0811. The van der Waals surface area contributed by atoms with Crippen molar-refractivity contribution in [1.29, 1.82) is 0 Å². The summed E-state index contributed by atoms with van der Waals surface area (Å²) >= 11 is 6.03. The number of nitrogens with zero attached hydrogens (tertiary/aromatic N) is 1. The second-order valence-electron chi connectivity index (χ2n) is 13.3. The SMILES string of the molecule is CS(=O)(=O)N[C@H](CC=C1CCNCC1)C(=O)N1C[C@H](OCc2ccc(Cl)cc2)C[C@H]1C(=O)N[C@@H](CCCCN)C(=O)C(=O)NCCc1ccccc1. The minimum atomic E-state index is -3.81. The lowest BCUT2D eigenvalue weighted by molar-refractivity contribution is -0.142. The van der Waals surface area contributed by atoms with Crippen LogP contribution in [0.2, 0.25) is 5.02 Å². The van der Waals surface area contributed by atoms with Crippen LogP contribution in [0.5, 0.6) is 0 Å². The molecule has 2 heterocycles. The Labute approximate surface area is 311 Å². The number of Topliss-reactive ketones (excluding diaryl/α,β-unsaturated/α-hetero) is 1. The van der Waals surface area contributed by atoms with Crippen LogP contribution in [-0.2, 0) is 47.0 Å². The number of benzene rings is 2. The number of ketones is 1. The predicted molar refractivity (Wildman–Crippen MR) is 200 cm³/mol. The Kier molecular flexibility index (Phi) is 16.2. The van der Waals surface area contributed by atoms with E-state index in [1.807, 2.05) is 48.5 Å². The van der Waals surface area contributed by atoms with E-state index in [4.69, 9.17) is 22.1 Å². The van der Waals surface area contributed by atoms with E-state index in [-0.39, 0.29) is 39.0 Å². The lowest BCUT2D eigenvalue weighted by atomic mass is 10.0. The van der Waals surface area contributed by atoms with E-state index in [1.54, 1.807) is 12.1 Å². The van der Waals surface area contributed by atoms with E-state index >= 15 is 0 Å². The van der Waals surface area contributed by atoms with Gasteiger partial charge in [0.25, 0.3) is 5.91 Å². The monoisotopic (exact) mass is 758 g/mol. The number of nitrogens with one attached hydrogen (secondary N) is 4. The van der Waals surface area contributed by atoms with Gasteiger partial charge in [0, 0.05) is 24.5 Å². The molecule has 15 heteroatoms. The molecule has 0 aliphatic carbocycles. The molecule has 0 aromatic heterocycles. The van der Waals surface area contributed by atoms with Crippen molar-refractivity contribution >= 4 is 45.1 Å². The zero-order valence-electron chi connectivity index (χ0n) is 29.7.